The summed E-state index contributed by atoms with van der Waals surface area (Å²) >= 11 is 6.00. The average molecular weight is 471 g/mol. The summed E-state index contributed by atoms with van der Waals surface area (Å²) in [5.41, 5.74) is -1.53. The number of amides is 1. The highest BCUT2D eigenvalue weighted by Gasteiger charge is 2.44. The lowest BCUT2D eigenvalue weighted by Gasteiger charge is -2.30. The summed E-state index contributed by atoms with van der Waals surface area (Å²) in [6.45, 7) is 2.37. The Morgan fingerprint density at radius 3 is 2.31 bits per heavy atom. The number of aliphatic hydroxyl groups is 1. The van der Waals surface area contributed by atoms with E-state index in [0.29, 0.717) is 49.7 Å². The largest absolute Gasteiger partial charge is 0.431 e. The molecular weight excluding hydrogens is 445 g/mol. The monoisotopic (exact) mass is 470 g/mol. The molecule has 5 nitrogen and oxygen atoms in total. The van der Waals surface area contributed by atoms with Crippen LogP contribution in [0, 0.1) is 6.92 Å². The van der Waals surface area contributed by atoms with Gasteiger partial charge in [-0.15, -0.1) is 0 Å². The topological polar surface area (TPSA) is 54.7 Å². The predicted molar refractivity (Wildman–Crippen MR) is 115 cm³/mol. The van der Waals surface area contributed by atoms with Crippen LogP contribution in [0.5, 0.6) is 0 Å². The van der Waals surface area contributed by atoms with E-state index in [-0.39, 0.29) is 23.4 Å². The molecule has 1 saturated heterocycles. The quantitative estimate of drug-likeness (QED) is 0.690. The molecule has 0 spiro atoms. The van der Waals surface area contributed by atoms with Crippen molar-refractivity contribution in [3.8, 4) is 11.1 Å². The number of nitrogens with zero attached hydrogens (tertiary/aromatic N) is 2. The number of halogens is 4. The molecule has 1 amide bonds. The minimum absolute atomic E-state index is 0.0296. The fraction of sp³-hybridized carbons (Fsp3) is 0.522. The van der Waals surface area contributed by atoms with Crippen LogP contribution in [-0.2, 0) is 17.5 Å². The van der Waals surface area contributed by atoms with Crippen LogP contribution in [0.4, 0.5) is 13.2 Å². The molecule has 1 N–H and O–H groups in total. The van der Waals surface area contributed by atoms with Crippen LogP contribution < -0.4 is 0 Å². The highest BCUT2D eigenvalue weighted by Crippen LogP contribution is 2.43. The Morgan fingerprint density at radius 1 is 1.16 bits per heavy atom. The number of carbonyl (C=O) groups is 1. The first-order chi connectivity index (χ1) is 15.1. The first-order valence-electron chi connectivity index (χ1n) is 10.8. The number of hydrogen-bond donors (Lipinski definition) is 1. The molecule has 1 aliphatic heterocycles. The molecule has 0 unspecified atom stereocenters. The molecule has 0 atom stereocenters. The number of aromatic nitrogens is 1. The Hall–Kier alpha value is -2.03. The zero-order valence-corrected chi connectivity index (χ0v) is 18.6. The highest BCUT2D eigenvalue weighted by atomic mass is 35.5. The van der Waals surface area contributed by atoms with Crippen LogP contribution in [0.25, 0.3) is 11.1 Å². The number of carbonyl (C=O) groups excluding carboxylic acids is 1. The van der Waals surface area contributed by atoms with Gasteiger partial charge in [-0.3, -0.25) is 4.79 Å². The number of rotatable bonds is 4. The molecule has 2 aromatic rings. The Balaban J connectivity index is 1.95. The molecule has 4 rings (SSSR count). The van der Waals surface area contributed by atoms with Crippen LogP contribution in [0.1, 0.15) is 47.4 Å². The normalized spacial score (nSPS) is 18.9. The lowest BCUT2D eigenvalue weighted by molar-refractivity contribution is -0.145. The van der Waals surface area contributed by atoms with E-state index in [4.69, 9.17) is 16.3 Å². The minimum atomic E-state index is -4.69. The fourth-order valence-electron chi connectivity index (χ4n) is 4.86. The molecule has 2 aliphatic rings. The van der Waals surface area contributed by atoms with Crippen molar-refractivity contribution in [2.45, 2.75) is 50.9 Å². The molecule has 1 aromatic carbocycles. The highest BCUT2D eigenvalue weighted by molar-refractivity contribution is 6.30. The van der Waals surface area contributed by atoms with Crippen molar-refractivity contribution in [2.75, 3.05) is 26.3 Å². The molecule has 1 aromatic heterocycles. The van der Waals surface area contributed by atoms with Crippen molar-refractivity contribution >= 4 is 17.5 Å². The number of morpholine rings is 1. The van der Waals surface area contributed by atoms with Gasteiger partial charge in [-0.05, 0) is 43.0 Å². The van der Waals surface area contributed by atoms with Crippen LogP contribution in [0.2, 0.25) is 5.02 Å². The second kappa shape index (κ2) is 8.72. The number of hydrogen-bond acceptors (Lipinski definition) is 3. The average Bonchev–Trinajstić information content (AvgIpc) is 3.29. The van der Waals surface area contributed by atoms with E-state index in [9.17, 15) is 23.1 Å². The first-order valence-corrected chi connectivity index (χ1v) is 11.1. The lowest BCUT2D eigenvalue weighted by atomic mass is 10.00. The SMILES string of the molecule is Cc1c(-c2ccc(Cl)cc2)c(C(=O)N2CCOCC2)n(CC2(O)CCCC2)c1C(F)(F)F. The summed E-state index contributed by atoms with van der Waals surface area (Å²) in [7, 11) is 0. The van der Waals surface area contributed by atoms with E-state index in [1.807, 2.05) is 0 Å². The zero-order chi connectivity index (χ0) is 23.1. The molecule has 0 bridgehead atoms. The van der Waals surface area contributed by atoms with E-state index < -0.39 is 23.4 Å². The van der Waals surface area contributed by atoms with E-state index >= 15 is 0 Å². The summed E-state index contributed by atoms with van der Waals surface area (Å²) in [4.78, 5) is 15.1. The van der Waals surface area contributed by atoms with Gasteiger partial charge in [0.1, 0.15) is 11.4 Å². The fourth-order valence-corrected chi connectivity index (χ4v) is 4.99. The Morgan fingerprint density at radius 2 is 1.75 bits per heavy atom. The second-order valence-electron chi connectivity index (χ2n) is 8.62. The molecular formula is C23H26ClF3N2O3. The first kappa shape index (κ1) is 23.1. The number of ether oxygens (including phenoxy) is 1. The van der Waals surface area contributed by atoms with Gasteiger partial charge in [0.25, 0.3) is 5.91 Å². The summed E-state index contributed by atoms with van der Waals surface area (Å²) in [6.07, 6.45) is -2.39. The van der Waals surface area contributed by atoms with Gasteiger partial charge < -0.3 is 19.3 Å². The summed E-state index contributed by atoms with van der Waals surface area (Å²) < 4.78 is 49.3. The molecule has 1 aliphatic carbocycles. The van der Waals surface area contributed by atoms with Gasteiger partial charge in [-0.1, -0.05) is 36.6 Å². The van der Waals surface area contributed by atoms with Gasteiger partial charge in [0.15, 0.2) is 0 Å². The number of benzene rings is 1. The predicted octanol–water partition coefficient (Wildman–Crippen LogP) is 4.91. The lowest BCUT2D eigenvalue weighted by Crippen LogP contribution is -2.42. The van der Waals surface area contributed by atoms with E-state index in [2.05, 4.69) is 0 Å². The van der Waals surface area contributed by atoms with E-state index in [1.165, 1.54) is 11.8 Å². The molecule has 174 valence electrons. The van der Waals surface area contributed by atoms with E-state index in [1.54, 1.807) is 24.3 Å². The van der Waals surface area contributed by atoms with Crippen LogP contribution in [0.3, 0.4) is 0 Å². The Kier molecular flexibility index (Phi) is 6.31. The third-order valence-corrected chi connectivity index (χ3v) is 6.65. The Bertz CT molecular complexity index is 989. The van der Waals surface area contributed by atoms with Gasteiger partial charge in [0.2, 0.25) is 0 Å². The Labute approximate surface area is 189 Å². The standard InChI is InChI=1S/C23H26ClF3N2O3/c1-15-18(16-4-6-17(24)7-5-16)19(21(30)28-10-12-32-13-11-28)29(20(15)23(25,26)27)14-22(31)8-2-3-9-22/h4-7,31H,2-3,8-14H2,1H3. The van der Waals surface area contributed by atoms with Crippen LogP contribution >= 0.6 is 11.6 Å². The van der Waals surface area contributed by atoms with Crippen molar-refractivity contribution in [3.63, 3.8) is 0 Å². The van der Waals surface area contributed by atoms with Gasteiger partial charge in [0.05, 0.1) is 25.4 Å². The third kappa shape index (κ3) is 4.40. The summed E-state index contributed by atoms with van der Waals surface area (Å²) in [5, 5.41) is 11.5. The minimum Gasteiger partial charge on any atom is -0.388 e. The van der Waals surface area contributed by atoms with Crippen LogP contribution in [0.15, 0.2) is 24.3 Å². The smallest absolute Gasteiger partial charge is 0.388 e. The maximum atomic E-state index is 14.3. The molecule has 1 saturated carbocycles. The maximum Gasteiger partial charge on any atom is 0.431 e. The molecule has 9 heteroatoms. The van der Waals surface area contributed by atoms with Gasteiger partial charge in [0, 0.05) is 23.7 Å². The maximum absolute atomic E-state index is 14.3. The second-order valence-corrected chi connectivity index (χ2v) is 9.06. The van der Waals surface area contributed by atoms with Crippen molar-refractivity contribution in [1.29, 1.82) is 0 Å². The van der Waals surface area contributed by atoms with Crippen molar-refractivity contribution < 1.29 is 27.8 Å². The van der Waals surface area contributed by atoms with E-state index in [0.717, 1.165) is 17.4 Å². The molecule has 0 radical (unpaired) electrons. The molecule has 32 heavy (non-hydrogen) atoms. The summed E-state index contributed by atoms with van der Waals surface area (Å²) in [5.74, 6) is -0.488. The molecule has 2 heterocycles. The van der Waals surface area contributed by atoms with Crippen molar-refractivity contribution in [1.82, 2.24) is 9.47 Å². The summed E-state index contributed by atoms with van der Waals surface area (Å²) in [6, 6.07) is 6.42. The number of alkyl halides is 3. The van der Waals surface area contributed by atoms with Gasteiger partial charge >= 0.3 is 6.18 Å². The van der Waals surface area contributed by atoms with Crippen LogP contribution in [-0.4, -0.2) is 52.4 Å². The van der Waals surface area contributed by atoms with Crippen molar-refractivity contribution in [2.24, 2.45) is 0 Å². The van der Waals surface area contributed by atoms with Crippen molar-refractivity contribution in [3.05, 3.63) is 46.2 Å². The van der Waals surface area contributed by atoms with Gasteiger partial charge in [-0.2, -0.15) is 13.2 Å². The van der Waals surface area contributed by atoms with Gasteiger partial charge in [-0.25, -0.2) is 0 Å². The zero-order valence-electron chi connectivity index (χ0n) is 17.8. The third-order valence-electron chi connectivity index (χ3n) is 6.40. The molecule has 2 fully saturated rings.